The van der Waals surface area contributed by atoms with Gasteiger partial charge >= 0.3 is 0 Å². The summed E-state index contributed by atoms with van der Waals surface area (Å²) < 4.78 is 0. The summed E-state index contributed by atoms with van der Waals surface area (Å²) in [7, 11) is 0. The van der Waals surface area contributed by atoms with E-state index in [1.807, 2.05) is 41.5 Å². The fourth-order valence-electron chi connectivity index (χ4n) is 3.61. The van der Waals surface area contributed by atoms with E-state index < -0.39 is 0 Å². The van der Waals surface area contributed by atoms with Crippen molar-refractivity contribution < 1.29 is 9.59 Å². The number of aryl methyl sites for hydroxylation is 1. The fraction of sp³-hybridized carbons (Fsp3) is 0.476. The molecule has 0 bridgehead atoms. The van der Waals surface area contributed by atoms with Gasteiger partial charge in [-0.1, -0.05) is 18.2 Å². The van der Waals surface area contributed by atoms with Gasteiger partial charge in [0.05, 0.1) is 17.2 Å². The van der Waals surface area contributed by atoms with Gasteiger partial charge in [0.2, 0.25) is 5.91 Å². The summed E-state index contributed by atoms with van der Waals surface area (Å²) in [4.78, 5) is 31.4. The lowest BCUT2D eigenvalue weighted by Gasteiger charge is -2.32. The van der Waals surface area contributed by atoms with Crippen LogP contribution in [0.25, 0.3) is 0 Å². The number of nitrogens with one attached hydrogen (secondary N) is 1. The summed E-state index contributed by atoms with van der Waals surface area (Å²) in [6, 6.07) is 7.78. The Balaban J connectivity index is 1.38. The van der Waals surface area contributed by atoms with Crippen LogP contribution >= 0.6 is 11.3 Å². The van der Waals surface area contributed by atoms with Crippen molar-refractivity contribution in [3.05, 3.63) is 51.5 Å². The predicted molar refractivity (Wildman–Crippen MR) is 106 cm³/mol. The number of likely N-dealkylation sites (tertiary alicyclic amines) is 1. The largest absolute Gasteiger partial charge is 0.350 e. The summed E-state index contributed by atoms with van der Waals surface area (Å²) in [6.45, 7) is 4.01. The van der Waals surface area contributed by atoms with Crippen molar-refractivity contribution in [2.45, 2.75) is 45.1 Å². The van der Waals surface area contributed by atoms with Crippen LogP contribution in [-0.4, -0.2) is 34.8 Å². The van der Waals surface area contributed by atoms with Crippen molar-refractivity contribution in [3.63, 3.8) is 0 Å². The molecule has 1 aromatic carbocycles. The van der Waals surface area contributed by atoms with E-state index in [4.69, 9.17) is 4.98 Å². The van der Waals surface area contributed by atoms with E-state index in [1.54, 1.807) is 11.3 Å². The predicted octanol–water partition coefficient (Wildman–Crippen LogP) is 3.50. The second-order valence-electron chi connectivity index (χ2n) is 7.57. The van der Waals surface area contributed by atoms with Crippen LogP contribution < -0.4 is 5.32 Å². The summed E-state index contributed by atoms with van der Waals surface area (Å²) in [5.74, 6) is 0.774. The molecule has 2 heterocycles. The topological polar surface area (TPSA) is 62.3 Å². The molecule has 4 rings (SSSR count). The maximum atomic E-state index is 12.9. The molecule has 2 amide bonds. The third kappa shape index (κ3) is 4.21. The van der Waals surface area contributed by atoms with E-state index in [0.717, 1.165) is 54.1 Å². The molecular weight excluding hydrogens is 358 g/mol. The molecule has 5 nitrogen and oxygen atoms in total. The molecule has 0 radical (unpaired) electrons. The lowest BCUT2D eigenvalue weighted by molar-refractivity contribution is -0.122. The van der Waals surface area contributed by atoms with Crippen molar-refractivity contribution in [1.82, 2.24) is 15.2 Å². The number of hydrogen-bond donors (Lipinski definition) is 1. The highest BCUT2D eigenvalue weighted by Gasteiger charge is 2.30. The van der Waals surface area contributed by atoms with Crippen LogP contribution in [0.5, 0.6) is 0 Å². The van der Waals surface area contributed by atoms with E-state index in [1.165, 1.54) is 0 Å². The minimum absolute atomic E-state index is 0.117. The second kappa shape index (κ2) is 7.80. The molecule has 1 aliphatic carbocycles. The number of piperidine rings is 1. The van der Waals surface area contributed by atoms with Gasteiger partial charge in [0.25, 0.3) is 5.91 Å². The minimum atomic E-state index is 0.117. The quantitative estimate of drug-likeness (QED) is 0.860. The molecule has 1 N–H and O–H groups in total. The number of carbonyl (C=O) groups excluding carboxylic acids is 2. The molecule has 0 spiro atoms. The zero-order valence-electron chi connectivity index (χ0n) is 15.6. The Morgan fingerprint density at radius 3 is 2.85 bits per heavy atom. The van der Waals surface area contributed by atoms with Crippen LogP contribution in [0.4, 0.5) is 0 Å². The normalized spacial score (nSPS) is 19.7. The number of rotatable bonds is 5. The van der Waals surface area contributed by atoms with Crippen LogP contribution in [0, 0.1) is 12.8 Å². The van der Waals surface area contributed by atoms with Crippen molar-refractivity contribution in [1.29, 1.82) is 0 Å². The molecule has 6 heteroatoms. The van der Waals surface area contributed by atoms with Crippen molar-refractivity contribution in [2.75, 3.05) is 13.1 Å². The first-order valence-corrected chi connectivity index (χ1v) is 10.6. The molecular formula is C21H25N3O2S. The number of aromatic nitrogens is 1. The number of amides is 2. The zero-order valence-corrected chi connectivity index (χ0v) is 16.4. The highest BCUT2D eigenvalue weighted by molar-refractivity contribution is 7.09. The Hall–Kier alpha value is -2.21. The molecule has 1 aliphatic heterocycles. The number of hydrogen-bond acceptors (Lipinski definition) is 4. The monoisotopic (exact) mass is 383 g/mol. The first kappa shape index (κ1) is 18.2. The Bertz CT molecular complexity index is 843. The van der Waals surface area contributed by atoms with Crippen LogP contribution in [0.2, 0.25) is 0 Å². The van der Waals surface area contributed by atoms with E-state index in [9.17, 15) is 9.59 Å². The van der Waals surface area contributed by atoms with Crippen LogP contribution in [0.1, 0.15) is 58.2 Å². The van der Waals surface area contributed by atoms with Gasteiger partial charge in [-0.25, -0.2) is 4.98 Å². The van der Waals surface area contributed by atoms with Crippen LogP contribution in [0.15, 0.2) is 29.6 Å². The second-order valence-corrected chi connectivity index (χ2v) is 8.46. The molecule has 1 atom stereocenters. The molecule has 2 aromatic rings. The molecule has 0 unspecified atom stereocenters. The lowest BCUT2D eigenvalue weighted by Crippen LogP contribution is -2.39. The van der Waals surface area contributed by atoms with Gasteiger partial charge in [-0.2, -0.15) is 0 Å². The first-order chi connectivity index (χ1) is 13.1. The van der Waals surface area contributed by atoms with Crippen molar-refractivity contribution in [3.8, 4) is 0 Å². The van der Waals surface area contributed by atoms with Crippen LogP contribution in [-0.2, 0) is 11.3 Å². The minimum Gasteiger partial charge on any atom is -0.350 e. The molecule has 1 saturated heterocycles. The lowest BCUT2D eigenvalue weighted by atomic mass is 9.97. The number of nitrogens with zero attached hydrogens (tertiary/aromatic N) is 2. The van der Waals surface area contributed by atoms with Gasteiger partial charge in [0.15, 0.2) is 0 Å². The SMILES string of the molecule is Cc1ccccc1C(=O)N1CCC[C@@H](c2nc(CNC(=O)C3CC3)cs2)C1. The van der Waals surface area contributed by atoms with E-state index in [2.05, 4.69) is 5.32 Å². The standard InChI is InChI=1S/C21H25N3O2S/c1-14-5-2-3-7-18(14)21(26)24-10-4-6-16(12-24)20-23-17(13-27-20)11-22-19(25)15-8-9-15/h2-3,5,7,13,15-16H,4,6,8-12H2,1H3,(H,22,25)/t16-/m1/s1. The van der Waals surface area contributed by atoms with Gasteiger partial charge in [-0.15, -0.1) is 11.3 Å². The van der Waals surface area contributed by atoms with Gasteiger partial charge in [0.1, 0.15) is 0 Å². The van der Waals surface area contributed by atoms with Crippen LogP contribution in [0.3, 0.4) is 0 Å². The maximum Gasteiger partial charge on any atom is 0.254 e. The Kier molecular flexibility index (Phi) is 5.25. The molecule has 2 aliphatic rings. The molecule has 27 heavy (non-hydrogen) atoms. The molecule has 1 aromatic heterocycles. The van der Waals surface area contributed by atoms with Crippen molar-refractivity contribution >= 4 is 23.2 Å². The number of carbonyl (C=O) groups is 2. The highest BCUT2D eigenvalue weighted by Crippen LogP contribution is 2.31. The first-order valence-electron chi connectivity index (χ1n) is 9.68. The molecule has 2 fully saturated rings. The maximum absolute atomic E-state index is 12.9. The third-order valence-corrected chi connectivity index (χ3v) is 6.45. The zero-order chi connectivity index (χ0) is 18.8. The average Bonchev–Trinajstić information content (AvgIpc) is 3.44. The van der Waals surface area contributed by atoms with Gasteiger partial charge in [-0.05, 0) is 44.2 Å². The Morgan fingerprint density at radius 1 is 1.26 bits per heavy atom. The van der Waals surface area contributed by atoms with Crippen molar-refractivity contribution in [2.24, 2.45) is 5.92 Å². The summed E-state index contributed by atoms with van der Waals surface area (Å²) in [5.41, 5.74) is 2.74. The number of benzene rings is 1. The van der Waals surface area contributed by atoms with E-state index in [0.29, 0.717) is 13.1 Å². The van der Waals surface area contributed by atoms with Gasteiger partial charge in [-0.3, -0.25) is 9.59 Å². The Labute approximate surface area is 163 Å². The summed E-state index contributed by atoms with van der Waals surface area (Å²) in [6.07, 6.45) is 4.08. The smallest absolute Gasteiger partial charge is 0.254 e. The van der Waals surface area contributed by atoms with Gasteiger partial charge < -0.3 is 10.2 Å². The van der Waals surface area contributed by atoms with E-state index >= 15 is 0 Å². The molecule has 1 saturated carbocycles. The average molecular weight is 384 g/mol. The summed E-state index contributed by atoms with van der Waals surface area (Å²) in [5, 5.41) is 6.08. The highest BCUT2D eigenvalue weighted by atomic mass is 32.1. The van der Waals surface area contributed by atoms with E-state index in [-0.39, 0.29) is 23.7 Å². The fourth-order valence-corrected chi connectivity index (χ4v) is 4.55. The molecule has 142 valence electrons. The third-order valence-electron chi connectivity index (χ3n) is 5.39. The van der Waals surface area contributed by atoms with Gasteiger partial charge in [0, 0.05) is 35.9 Å². The Morgan fingerprint density at radius 2 is 2.07 bits per heavy atom. The number of thiazole rings is 1. The summed E-state index contributed by atoms with van der Waals surface area (Å²) >= 11 is 1.64.